The van der Waals surface area contributed by atoms with Gasteiger partial charge in [-0.1, -0.05) is 19.9 Å². The summed E-state index contributed by atoms with van der Waals surface area (Å²) in [6.07, 6.45) is 2.60. The number of nitrogens with zero attached hydrogens (tertiary/aromatic N) is 2. The maximum absolute atomic E-state index is 12.2. The van der Waals surface area contributed by atoms with Gasteiger partial charge in [-0.05, 0) is 31.4 Å². The maximum Gasteiger partial charge on any atom is 0.239 e. The Hall–Kier alpha value is -1.42. The summed E-state index contributed by atoms with van der Waals surface area (Å²) in [6, 6.07) is 5.74. The molecule has 106 valence electrons. The molecule has 0 radical (unpaired) electrons. The number of amides is 1. The monoisotopic (exact) mass is 263 g/mol. The van der Waals surface area contributed by atoms with Crippen LogP contribution < -0.4 is 5.32 Å². The Morgan fingerprint density at radius 2 is 2.00 bits per heavy atom. The summed E-state index contributed by atoms with van der Waals surface area (Å²) < 4.78 is 0. The van der Waals surface area contributed by atoms with E-state index < -0.39 is 0 Å². The molecule has 1 aromatic heterocycles. The number of carbonyl (C=O) groups is 1. The maximum atomic E-state index is 12.2. The van der Waals surface area contributed by atoms with E-state index in [2.05, 4.69) is 24.1 Å². The summed E-state index contributed by atoms with van der Waals surface area (Å²) in [5.74, 6) is 0.591. The van der Waals surface area contributed by atoms with Crippen LogP contribution in [0.5, 0.6) is 0 Å². The van der Waals surface area contributed by atoms with E-state index in [9.17, 15) is 4.79 Å². The first kappa shape index (κ1) is 15.6. The predicted octanol–water partition coefficient (Wildman–Crippen LogP) is 2.24. The molecular formula is C15H25N3O. The van der Waals surface area contributed by atoms with Crippen molar-refractivity contribution in [2.75, 3.05) is 14.1 Å². The predicted molar refractivity (Wildman–Crippen MR) is 77.7 cm³/mol. The summed E-state index contributed by atoms with van der Waals surface area (Å²) in [5, 5.41) is 3.39. The normalized spacial score (nSPS) is 14.2. The van der Waals surface area contributed by atoms with Crippen LogP contribution in [-0.4, -0.2) is 35.9 Å². The van der Waals surface area contributed by atoms with Crippen molar-refractivity contribution in [3.63, 3.8) is 0 Å². The Morgan fingerprint density at radius 3 is 2.47 bits per heavy atom. The lowest BCUT2D eigenvalue weighted by Crippen LogP contribution is -2.45. The van der Waals surface area contributed by atoms with E-state index in [1.54, 1.807) is 25.2 Å². The minimum atomic E-state index is -0.160. The van der Waals surface area contributed by atoms with Gasteiger partial charge in [0.25, 0.3) is 0 Å². The van der Waals surface area contributed by atoms with Crippen molar-refractivity contribution >= 4 is 5.91 Å². The van der Waals surface area contributed by atoms with Gasteiger partial charge < -0.3 is 4.90 Å². The molecule has 0 aliphatic carbocycles. The molecule has 0 aliphatic rings. The van der Waals surface area contributed by atoms with Crippen LogP contribution in [0.4, 0.5) is 0 Å². The Labute approximate surface area is 116 Å². The first-order chi connectivity index (χ1) is 8.91. The van der Waals surface area contributed by atoms with Crippen molar-refractivity contribution in [3.05, 3.63) is 30.1 Å². The Balaban J connectivity index is 2.74. The van der Waals surface area contributed by atoms with Crippen LogP contribution in [0.3, 0.4) is 0 Å². The average Bonchev–Trinajstić information content (AvgIpc) is 2.37. The molecule has 0 spiro atoms. The van der Waals surface area contributed by atoms with E-state index >= 15 is 0 Å². The third-order valence-electron chi connectivity index (χ3n) is 3.03. The molecule has 0 saturated carbocycles. The third kappa shape index (κ3) is 4.99. The Bertz CT molecular complexity index is 390. The first-order valence-electron chi connectivity index (χ1n) is 6.80. The number of likely N-dealkylation sites (N-methyl/N-ethyl adjacent to an activating group) is 1. The lowest BCUT2D eigenvalue weighted by atomic mass is 10.0. The van der Waals surface area contributed by atoms with Gasteiger partial charge in [0.1, 0.15) is 0 Å². The van der Waals surface area contributed by atoms with Crippen molar-refractivity contribution in [2.24, 2.45) is 5.92 Å². The molecule has 1 amide bonds. The van der Waals surface area contributed by atoms with Gasteiger partial charge >= 0.3 is 0 Å². The highest BCUT2D eigenvalue weighted by Gasteiger charge is 2.23. The van der Waals surface area contributed by atoms with E-state index in [1.807, 2.05) is 25.1 Å². The average molecular weight is 263 g/mol. The van der Waals surface area contributed by atoms with E-state index in [4.69, 9.17) is 0 Å². The zero-order chi connectivity index (χ0) is 14.4. The molecule has 0 bridgehead atoms. The number of nitrogens with one attached hydrogen (secondary N) is 1. The van der Waals surface area contributed by atoms with Crippen LogP contribution in [0.2, 0.25) is 0 Å². The molecule has 2 unspecified atom stereocenters. The molecule has 1 aromatic rings. The molecule has 0 aliphatic heterocycles. The van der Waals surface area contributed by atoms with Gasteiger partial charge in [-0.15, -0.1) is 0 Å². The lowest BCUT2D eigenvalue weighted by Gasteiger charge is -2.26. The molecule has 2 atom stereocenters. The topological polar surface area (TPSA) is 45.2 Å². The second kappa shape index (κ2) is 7.24. The summed E-state index contributed by atoms with van der Waals surface area (Å²) in [6.45, 7) is 6.30. The van der Waals surface area contributed by atoms with Gasteiger partial charge in [0, 0.05) is 26.3 Å². The Morgan fingerprint density at radius 1 is 1.32 bits per heavy atom. The van der Waals surface area contributed by atoms with Crippen LogP contribution in [0.15, 0.2) is 24.4 Å². The lowest BCUT2D eigenvalue weighted by molar-refractivity contribution is -0.131. The second-order valence-corrected chi connectivity index (χ2v) is 5.56. The summed E-state index contributed by atoms with van der Waals surface area (Å²) in [7, 11) is 3.59. The third-order valence-corrected chi connectivity index (χ3v) is 3.03. The van der Waals surface area contributed by atoms with E-state index in [0.717, 1.165) is 12.1 Å². The highest BCUT2D eigenvalue weighted by Crippen LogP contribution is 2.14. The van der Waals surface area contributed by atoms with Crippen LogP contribution >= 0.6 is 0 Å². The summed E-state index contributed by atoms with van der Waals surface area (Å²) in [5.41, 5.74) is 0.961. The van der Waals surface area contributed by atoms with Crippen molar-refractivity contribution in [1.29, 1.82) is 0 Å². The number of hydrogen-bond acceptors (Lipinski definition) is 3. The van der Waals surface area contributed by atoms with Gasteiger partial charge in [-0.3, -0.25) is 15.1 Å². The first-order valence-corrected chi connectivity index (χ1v) is 6.80. The summed E-state index contributed by atoms with van der Waals surface area (Å²) >= 11 is 0. The fraction of sp³-hybridized carbons (Fsp3) is 0.600. The van der Waals surface area contributed by atoms with Gasteiger partial charge in [-0.25, -0.2) is 0 Å². The fourth-order valence-corrected chi connectivity index (χ4v) is 2.04. The van der Waals surface area contributed by atoms with E-state index in [1.165, 1.54) is 0 Å². The molecule has 4 heteroatoms. The zero-order valence-corrected chi connectivity index (χ0v) is 12.6. The highest BCUT2D eigenvalue weighted by atomic mass is 16.2. The van der Waals surface area contributed by atoms with Gasteiger partial charge in [0.15, 0.2) is 0 Å². The summed E-state index contributed by atoms with van der Waals surface area (Å²) in [4.78, 5) is 18.2. The molecule has 0 fully saturated rings. The standard InChI is InChI=1S/C15H25N3O/c1-11(2)10-14(15(19)18(4)5)17-12(3)13-8-6-7-9-16-13/h6-9,11-12,14,17H,10H2,1-5H3. The van der Waals surface area contributed by atoms with Gasteiger partial charge in [-0.2, -0.15) is 0 Å². The molecule has 0 aromatic carbocycles. The SMILES string of the molecule is CC(C)CC(NC(C)c1ccccn1)C(=O)N(C)C. The van der Waals surface area contributed by atoms with Crippen molar-refractivity contribution in [2.45, 2.75) is 39.3 Å². The number of hydrogen-bond donors (Lipinski definition) is 1. The minimum Gasteiger partial charge on any atom is -0.347 e. The molecule has 1 heterocycles. The van der Waals surface area contributed by atoms with Crippen LogP contribution in [-0.2, 0) is 4.79 Å². The Kier molecular flexibility index (Phi) is 5.96. The van der Waals surface area contributed by atoms with Crippen LogP contribution in [0.1, 0.15) is 38.9 Å². The number of aromatic nitrogens is 1. The molecule has 4 nitrogen and oxygen atoms in total. The van der Waals surface area contributed by atoms with Gasteiger partial charge in [0.05, 0.1) is 11.7 Å². The van der Waals surface area contributed by atoms with Crippen molar-refractivity contribution in [3.8, 4) is 0 Å². The number of rotatable bonds is 6. The number of pyridine rings is 1. The molecule has 19 heavy (non-hydrogen) atoms. The molecule has 1 rings (SSSR count). The quantitative estimate of drug-likeness (QED) is 0.856. The van der Waals surface area contributed by atoms with Gasteiger partial charge in [0.2, 0.25) is 5.91 Å². The molecule has 1 N–H and O–H groups in total. The zero-order valence-electron chi connectivity index (χ0n) is 12.6. The van der Waals surface area contributed by atoms with Crippen LogP contribution in [0, 0.1) is 5.92 Å². The number of carbonyl (C=O) groups excluding carboxylic acids is 1. The molecule has 0 saturated heterocycles. The van der Waals surface area contributed by atoms with Crippen molar-refractivity contribution in [1.82, 2.24) is 15.2 Å². The molecular weight excluding hydrogens is 238 g/mol. The van der Waals surface area contributed by atoms with E-state index in [-0.39, 0.29) is 18.0 Å². The highest BCUT2D eigenvalue weighted by molar-refractivity contribution is 5.81. The smallest absolute Gasteiger partial charge is 0.239 e. The second-order valence-electron chi connectivity index (χ2n) is 5.56. The largest absolute Gasteiger partial charge is 0.347 e. The van der Waals surface area contributed by atoms with Crippen LogP contribution in [0.25, 0.3) is 0 Å². The fourth-order valence-electron chi connectivity index (χ4n) is 2.04. The minimum absolute atomic E-state index is 0.0637. The van der Waals surface area contributed by atoms with E-state index in [0.29, 0.717) is 5.92 Å². The van der Waals surface area contributed by atoms with Crippen molar-refractivity contribution < 1.29 is 4.79 Å².